The summed E-state index contributed by atoms with van der Waals surface area (Å²) in [6.45, 7) is 4.17. The van der Waals surface area contributed by atoms with Crippen LogP contribution in [0.25, 0.3) is 0 Å². The molecule has 3 nitrogen and oxygen atoms in total. The Labute approximate surface area is 102 Å². The van der Waals surface area contributed by atoms with Crippen molar-refractivity contribution < 1.29 is 0 Å². The summed E-state index contributed by atoms with van der Waals surface area (Å²) in [6, 6.07) is 6.15. The van der Waals surface area contributed by atoms with Gasteiger partial charge in [-0.3, -0.25) is 4.98 Å². The second-order valence-electron chi connectivity index (χ2n) is 4.18. The molecule has 0 aromatic carbocycles. The molecule has 0 spiro atoms. The van der Waals surface area contributed by atoms with Gasteiger partial charge in [0.25, 0.3) is 0 Å². The summed E-state index contributed by atoms with van der Waals surface area (Å²) in [5.74, 6) is 0.603. The molecule has 3 heteroatoms. The van der Waals surface area contributed by atoms with Crippen LogP contribution in [-0.2, 0) is 12.8 Å². The van der Waals surface area contributed by atoms with Crippen LogP contribution in [0.1, 0.15) is 29.3 Å². The van der Waals surface area contributed by atoms with E-state index in [1.807, 2.05) is 19.2 Å². The maximum absolute atomic E-state index is 5.89. The number of rotatable bonds is 3. The fourth-order valence-corrected chi connectivity index (χ4v) is 1.79. The predicted octanol–water partition coefficient (Wildman–Crippen LogP) is 2.52. The van der Waals surface area contributed by atoms with E-state index in [2.05, 4.69) is 29.0 Å². The van der Waals surface area contributed by atoms with Gasteiger partial charge in [0.15, 0.2) is 0 Å². The van der Waals surface area contributed by atoms with Gasteiger partial charge in [-0.25, -0.2) is 4.98 Å². The van der Waals surface area contributed by atoms with Gasteiger partial charge in [0.05, 0.1) is 0 Å². The van der Waals surface area contributed by atoms with E-state index in [1.54, 1.807) is 6.20 Å². The van der Waals surface area contributed by atoms with Gasteiger partial charge in [-0.05, 0) is 36.6 Å². The molecule has 0 saturated carbocycles. The quantitative estimate of drug-likeness (QED) is 0.876. The molecule has 2 rings (SSSR count). The number of hydrogen-bond acceptors (Lipinski definition) is 3. The van der Waals surface area contributed by atoms with Crippen molar-refractivity contribution in [2.75, 3.05) is 5.73 Å². The van der Waals surface area contributed by atoms with Crippen molar-refractivity contribution in [3.05, 3.63) is 53.0 Å². The topological polar surface area (TPSA) is 51.8 Å². The Morgan fingerprint density at radius 1 is 1.18 bits per heavy atom. The molecule has 2 heterocycles. The molecule has 0 saturated heterocycles. The molecule has 2 aromatic heterocycles. The predicted molar refractivity (Wildman–Crippen MR) is 69.8 cm³/mol. The van der Waals surface area contributed by atoms with E-state index in [9.17, 15) is 0 Å². The Kier molecular flexibility index (Phi) is 3.38. The van der Waals surface area contributed by atoms with Gasteiger partial charge in [0.1, 0.15) is 5.82 Å². The van der Waals surface area contributed by atoms with E-state index in [1.165, 1.54) is 11.1 Å². The highest BCUT2D eigenvalue weighted by Crippen LogP contribution is 2.17. The average molecular weight is 227 g/mol. The summed E-state index contributed by atoms with van der Waals surface area (Å²) in [5.41, 5.74) is 10.4. The van der Waals surface area contributed by atoms with Gasteiger partial charge in [-0.15, -0.1) is 0 Å². The molecule has 0 aliphatic rings. The van der Waals surface area contributed by atoms with Crippen molar-refractivity contribution in [2.45, 2.75) is 26.7 Å². The summed E-state index contributed by atoms with van der Waals surface area (Å²) in [5, 5.41) is 0. The molecule has 0 aliphatic heterocycles. The zero-order valence-electron chi connectivity index (χ0n) is 10.3. The van der Waals surface area contributed by atoms with Gasteiger partial charge in [-0.1, -0.05) is 13.0 Å². The third kappa shape index (κ3) is 2.61. The minimum absolute atomic E-state index is 0.603. The highest BCUT2D eigenvalue weighted by atomic mass is 14.8. The Morgan fingerprint density at radius 2 is 2.00 bits per heavy atom. The van der Waals surface area contributed by atoms with E-state index in [4.69, 9.17) is 5.73 Å². The molecule has 0 radical (unpaired) electrons. The van der Waals surface area contributed by atoms with Crippen molar-refractivity contribution in [1.82, 2.24) is 9.97 Å². The smallest absolute Gasteiger partial charge is 0.127 e. The molecule has 0 bridgehead atoms. The first-order chi connectivity index (χ1) is 8.20. The fraction of sp³-hybridized carbons (Fsp3) is 0.286. The second kappa shape index (κ2) is 4.95. The lowest BCUT2D eigenvalue weighted by molar-refractivity contribution is 1.01. The lowest BCUT2D eigenvalue weighted by Gasteiger charge is -2.08. The van der Waals surface area contributed by atoms with Gasteiger partial charge in [-0.2, -0.15) is 0 Å². The molecule has 2 N–H and O–H groups in total. The van der Waals surface area contributed by atoms with Gasteiger partial charge in [0.2, 0.25) is 0 Å². The summed E-state index contributed by atoms with van der Waals surface area (Å²) < 4.78 is 0. The number of pyridine rings is 2. The summed E-state index contributed by atoms with van der Waals surface area (Å²) in [4.78, 5) is 8.56. The number of aromatic nitrogens is 2. The number of nitrogen functional groups attached to an aromatic ring is 1. The van der Waals surface area contributed by atoms with Crippen molar-refractivity contribution in [3.8, 4) is 0 Å². The molecule has 0 amide bonds. The first-order valence-electron chi connectivity index (χ1n) is 5.84. The van der Waals surface area contributed by atoms with Crippen LogP contribution >= 0.6 is 0 Å². The molecule has 0 aliphatic carbocycles. The molecule has 88 valence electrons. The van der Waals surface area contributed by atoms with Crippen molar-refractivity contribution in [2.24, 2.45) is 0 Å². The second-order valence-corrected chi connectivity index (χ2v) is 4.18. The van der Waals surface area contributed by atoms with Crippen LogP contribution in [-0.4, -0.2) is 9.97 Å². The third-order valence-electron chi connectivity index (χ3n) is 2.98. The maximum atomic E-state index is 5.89. The zero-order valence-corrected chi connectivity index (χ0v) is 10.3. The molecular weight excluding hydrogens is 210 g/mol. The fourth-order valence-electron chi connectivity index (χ4n) is 1.79. The van der Waals surface area contributed by atoms with E-state index in [0.29, 0.717) is 5.82 Å². The van der Waals surface area contributed by atoms with Gasteiger partial charge < -0.3 is 5.73 Å². The molecule has 0 unspecified atom stereocenters. The highest BCUT2D eigenvalue weighted by Gasteiger charge is 2.06. The van der Waals surface area contributed by atoms with Crippen molar-refractivity contribution >= 4 is 5.82 Å². The summed E-state index contributed by atoms with van der Waals surface area (Å²) >= 11 is 0. The van der Waals surface area contributed by atoms with Gasteiger partial charge >= 0.3 is 0 Å². The average Bonchev–Trinajstić information content (AvgIpc) is 2.35. The maximum Gasteiger partial charge on any atom is 0.127 e. The Hall–Kier alpha value is -1.90. The van der Waals surface area contributed by atoms with E-state index >= 15 is 0 Å². The van der Waals surface area contributed by atoms with Crippen LogP contribution in [0.3, 0.4) is 0 Å². The van der Waals surface area contributed by atoms with Crippen LogP contribution < -0.4 is 5.73 Å². The number of aryl methyl sites for hydroxylation is 2. The molecule has 2 aromatic rings. The van der Waals surface area contributed by atoms with Gasteiger partial charge in [0, 0.05) is 30.1 Å². The van der Waals surface area contributed by atoms with E-state index in [0.717, 1.165) is 24.1 Å². The van der Waals surface area contributed by atoms with Crippen molar-refractivity contribution in [3.63, 3.8) is 0 Å². The monoisotopic (exact) mass is 227 g/mol. The number of nitrogens with zero attached hydrogens (tertiary/aromatic N) is 2. The van der Waals surface area contributed by atoms with E-state index in [-0.39, 0.29) is 0 Å². The van der Waals surface area contributed by atoms with Crippen molar-refractivity contribution in [1.29, 1.82) is 0 Å². The van der Waals surface area contributed by atoms with Crippen LogP contribution in [0.5, 0.6) is 0 Å². The largest absolute Gasteiger partial charge is 0.383 e. The highest BCUT2D eigenvalue weighted by molar-refractivity contribution is 5.45. The lowest BCUT2D eigenvalue weighted by Crippen LogP contribution is -2.02. The Balaban J connectivity index is 2.25. The number of nitrogens with two attached hydrogens (primary N) is 1. The van der Waals surface area contributed by atoms with Crippen LogP contribution in [0.4, 0.5) is 5.82 Å². The Morgan fingerprint density at radius 3 is 2.59 bits per heavy atom. The lowest BCUT2D eigenvalue weighted by atomic mass is 10.0. The zero-order chi connectivity index (χ0) is 12.3. The molecule has 0 atom stereocenters. The summed E-state index contributed by atoms with van der Waals surface area (Å²) in [7, 11) is 0. The summed E-state index contributed by atoms with van der Waals surface area (Å²) in [6.07, 6.45) is 5.43. The third-order valence-corrected chi connectivity index (χ3v) is 2.98. The SMILES string of the molecule is CCc1ccc(Cc2c(C)ccnc2N)nc1. The standard InChI is InChI=1S/C14H17N3/c1-3-11-4-5-12(17-9-11)8-13-10(2)6-7-16-14(13)15/h4-7,9H,3,8H2,1-2H3,(H2,15,16). The minimum Gasteiger partial charge on any atom is -0.383 e. The number of hydrogen-bond donors (Lipinski definition) is 1. The number of anilines is 1. The van der Waals surface area contributed by atoms with Crippen LogP contribution in [0.2, 0.25) is 0 Å². The first kappa shape index (κ1) is 11.6. The Bertz CT molecular complexity index is 483. The minimum atomic E-state index is 0.603. The molecular formula is C14H17N3. The molecule has 0 fully saturated rings. The van der Waals surface area contributed by atoms with Crippen LogP contribution in [0, 0.1) is 6.92 Å². The normalized spacial score (nSPS) is 10.5. The van der Waals surface area contributed by atoms with Crippen LogP contribution in [0.15, 0.2) is 30.6 Å². The van der Waals surface area contributed by atoms with E-state index < -0.39 is 0 Å². The molecule has 17 heavy (non-hydrogen) atoms. The first-order valence-corrected chi connectivity index (χ1v) is 5.84.